The third kappa shape index (κ3) is 3.55. The summed E-state index contributed by atoms with van der Waals surface area (Å²) in [6, 6.07) is 2.77. The Morgan fingerprint density at radius 2 is 2.33 bits per heavy atom. The quantitative estimate of drug-likeness (QED) is 0.597. The predicted octanol–water partition coefficient (Wildman–Crippen LogP) is 1.48. The molecule has 0 saturated carbocycles. The molecule has 0 amide bonds. The van der Waals surface area contributed by atoms with E-state index in [0.29, 0.717) is 5.69 Å². The van der Waals surface area contributed by atoms with Gasteiger partial charge in [0.25, 0.3) is 5.69 Å². The molecule has 0 aliphatic rings. The zero-order valence-corrected chi connectivity index (χ0v) is 7.66. The van der Waals surface area contributed by atoms with Crippen LogP contribution in [-0.4, -0.2) is 21.0 Å². The summed E-state index contributed by atoms with van der Waals surface area (Å²) in [7, 11) is 0. The third-order valence-corrected chi connectivity index (χ3v) is 1.56. The lowest BCUT2D eigenvalue weighted by molar-refractivity contribution is -0.385. The van der Waals surface area contributed by atoms with Crippen LogP contribution in [0.15, 0.2) is 24.4 Å². The number of carbonyl (C=O) groups is 1. The van der Waals surface area contributed by atoms with Crippen LogP contribution in [0.1, 0.15) is 12.1 Å². The van der Waals surface area contributed by atoms with E-state index in [2.05, 4.69) is 4.98 Å². The van der Waals surface area contributed by atoms with Gasteiger partial charge in [-0.1, -0.05) is 6.08 Å². The van der Waals surface area contributed by atoms with Crippen LogP contribution in [0.25, 0.3) is 6.08 Å². The number of aromatic nitrogens is 1. The highest BCUT2D eigenvalue weighted by Crippen LogP contribution is 2.09. The fourth-order valence-electron chi connectivity index (χ4n) is 0.885. The van der Waals surface area contributed by atoms with Gasteiger partial charge in [-0.3, -0.25) is 14.9 Å². The molecule has 1 heterocycles. The van der Waals surface area contributed by atoms with Gasteiger partial charge in [0.15, 0.2) is 0 Å². The minimum Gasteiger partial charge on any atom is -0.481 e. The molecule has 78 valence electrons. The van der Waals surface area contributed by atoms with Crippen LogP contribution in [0.2, 0.25) is 0 Å². The summed E-state index contributed by atoms with van der Waals surface area (Å²) in [5.41, 5.74) is 0.396. The minimum atomic E-state index is -0.937. The summed E-state index contributed by atoms with van der Waals surface area (Å²) in [6.45, 7) is 0. The molecule has 0 saturated heterocycles. The lowest BCUT2D eigenvalue weighted by Crippen LogP contribution is -1.91. The number of aliphatic carboxylic acids is 1. The molecule has 0 aliphatic heterocycles. The Labute approximate surface area is 85.0 Å². The van der Waals surface area contributed by atoms with Gasteiger partial charge < -0.3 is 5.11 Å². The first kappa shape index (κ1) is 10.8. The van der Waals surface area contributed by atoms with Crippen LogP contribution in [0, 0.1) is 10.1 Å². The largest absolute Gasteiger partial charge is 0.481 e. The maximum absolute atomic E-state index is 10.3. The van der Waals surface area contributed by atoms with Gasteiger partial charge in [0.05, 0.1) is 17.0 Å². The molecule has 1 aromatic heterocycles. The molecule has 0 unspecified atom stereocenters. The molecule has 0 spiro atoms. The molecule has 15 heavy (non-hydrogen) atoms. The predicted molar refractivity (Wildman–Crippen MR) is 52.2 cm³/mol. The van der Waals surface area contributed by atoms with E-state index in [1.807, 2.05) is 0 Å². The van der Waals surface area contributed by atoms with Crippen molar-refractivity contribution in [3.05, 3.63) is 40.2 Å². The van der Waals surface area contributed by atoms with E-state index >= 15 is 0 Å². The molecule has 0 radical (unpaired) electrons. The molecule has 0 aromatic carbocycles. The van der Waals surface area contributed by atoms with Crippen molar-refractivity contribution in [1.29, 1.82) is 0 Å². The van der Waals surface area contributed by atoms with Gasteiger partial charge in [-0.15, -0.1) is 0 Å². The maximum atomic E-state index is 10.3. The number of carboxylic acids is 1. The van der Waals surface area contributed by atoms with Gasteiger partial charge in [-0.25, -0.2) is 4.98 Å². The second-order valence-electron chi connectivity index (χ2n) is 2.70. The highest BCUT2D eigenvalue weighted by atomic mass is 16.6. The summed E-state index contributed by atoms with van der Waals surface area (Å²) in [4.78, 5) is 23.7. The molecule has 0 aliphatic carbocycles. The molecule has 1 rings (SSSR count). The molecular formula is C9H8N2O4. The van der Waals surface area contributed by atoms with E-state index in [1.165, 1.54) is 24.3 Å². The molecule has 0 bridgehead atoms. The number of nitrogens with zero attached hydrogens (tertiary/aromatic N) is 2. The van der Waals surface area contributed by atoms with E-state index in [9.17, 15) is 14.9 Å². The summed E-state index contributed by atoms with van der Waals surface area (Å²) in [6.07, 6.45) is 3.95. The van der Waals surface area contributed by atoms with E-state index in [1.54, 1.807) is 0 Å². The minimum absolute atomic E-state index is 0.0922. The van der Waals surface area contributed by atoms with Crippen molar-refractivity contribution < 1.29 is 14.8 Å². The van der Waals surface area contributed by atoms with Gasteiger partial charge in [0.1, 0.15) is 6.20 Å². The lowest BCUT2D eigenvalue weighted by atomic mass is 10.3. The van der Waals surface area contributed by atoms with Gasteiger partial charge >= 0.3 is 5.97 Å². The topological polar surface area (TPSA) is 93.3 Å². The van der Waals surface area contributed by atoms with Gasteiger partial charge in [0, 0.05) is 6.07 Å². The second-order valence-corrected chi connectivity index (χ2v) is 2.70. The number of hydrogen-bond acceptors (Lipinski definition) is 4. The van der Waals surface area contributed by atoms with Crippen LogP contribution in [0.4, 0.5) is 5.69 Å². The molecule has 0 atom stereocenters. The highest BCUT2D eigenvalue weighted by molar-refractivity contribution is 5.70. The van der Waals surface area contributed by atoms with Gasteiger partial charge in [0.2, 0.25) is 0 Å². The van der Waals surface area contributed by atoms with E-state index < -0.39 is 10.9 Å². The van der Waals surface area contributed by atoms with Crippen molar-refractivity contribution in [2.45, 2.75) is 6.42 Å². The average Bonchev–Trinajstić information content (AvgIpc) is 2.18. The van der Waals surface area contributed by atoms with E-state index in [4.69, 9.17) is 5.11 Å². The number of nitro groups is 1. The molecule has 6 heteroatoms. The Kier molecular flexibility index (Phi) is 3.50. The van der Waals surface area contributed by atoms with Crippen LogP contribution in [0.3, 0.4) is 0 Å². The van der Waals surface area contributed by atoms with E-state index in [-0.39, 0.29) is 12.1 Å². The fraction of sp³-hybridized carbons (Fsp3) is 0.111. The first-order valence-corrected chi connectivity index (χ1v) is 4.08. The highest BCUT2D eigenvalue weighted by Gasteiger charge is 2.03. The average molecular weight is 208 g/mol. The van der Waals surface area contributed by atoms with Crippen LogP contribution < -0.4 is 0 Å². The number of pyridine rings is 1. The number of rotatable bonds is 4. The Morgan fingerprint density at radius 3 is 2.80 bits per heavy atom. The Balaban J connectivity index is 2.68. The zero-order chi connectivity index (χ0) is 11.3. The molecule has 0 fully saturated rings. The Morgan fingerprint density at radius 1 is 1.60 bits per heavy atom. The van der Waals surface area contributed by atoms with Gasteiger partial charge in [-0.05, 0) is 12.1 Å². The van der Waals surface area contributed by atoms with Crippen molar-refractivity contribution in [2.75, 3.05) is 0 Å². The Hall–Kier alpha value is -2.24. The van der Waals surface area contributed by atoms with Crippen molar-refractivity contribution in [3.8, 4) is 0 Å². The van der Waals surface area contributed by atoms with Crippen LogP contribution >= 0.6 is 0 Å². The second kappa shape index (κ2) is 4.85. The van der Waals surface area contributed by atoms with Crippen molar-refractivity contribution in [1.82, 2.24) is 4.98 Å². The zero-order valence-electron chi connectivity index (χ0n) is 7.66. The number of hydrogen-bond donors (Lipinski definition) is 1. The van der Waals surface area contributed by atoms with Crippen LogP contribution in [-0.2, 0) is 4.79 Å². The lowest BCUT2D eigenvalue weighted by Gasteiger charge is -1.92. The normalized spacial score (nSPS) is 10.4. The smallest absolute Gasteiger partial charge is 0.307 e. The first-order chi connectivity index (χ1) is 7.09. The fourth-order valence-corrected chi connectivity index (χ4v) is 0.885. The maximum Gasteiger partial charge on any atom is 0.307 e. The first-order valence-electron chi connectivity index (χ1n) is 4.08. The van der Waals surface area contributed by atoms with E-state index in [0.717, 1.165) is 6.20 Å². The number of carboxylic acid groups (broad SMARTS) is 1. The monoisotopic (exact) mass is 208 g/mol. The summed E-state index contributed by atoms with van der Waals surface area (Å²) < 4.78 is 0. The summed E-state index contributed by atoms with van der Waals surface area (Å²) >= 11 is 0. The van der Waals surface area contributed by atoms with Crippen molar-refractivity contribution >= 4 is 17.7 Å². The summed E-state index contributed by atoms with van der Waals surface area (Å²) in [5, 5.41) is 18.6. The third-order valence-electron chi connectivity index (χ3n) is 1.56. The standard InChI is InChI=1S/C9H8N2O4/c12-9(13)3-1-2-7-4-5-8(6-10-7)11(14)15/h1-2,4-6H,3H2,(H,12,13). The van der Waals surface area contributed by atoms with Crippen molar-refractivity contribution in [3.63, 3.8) is 0 Å². The SMILES string of the molecule is O=C(O)CC=Cc1ccc([N+](=O)[O-])cn1. The van der Waals surface area contributed by atoms with Crippen molar-refractivity contribution in [2.24, 2.45) is 0 Å². The molecule has 1 aromatic rings. The summed E-state index contributed by atoms with van der Waals surface area (Å²) in [5.74, 6) is -0.937. The van der Waals surface area contributed by atoms with Crippen LogP contribution in [0.5, 0.6) is 0 Å². The molecular weight excluding hydrogens is 200 g/mol. The van der Waals surface area contributed by atoms with Gasteiger partial charge in [-0.2, -0.15) is 0 Å². The molecule has 6 nitrogen and oxygen atoms in total. The molecule has 1 N–H and O–H groups in total. The Bertz CT molecular complexity index is 397.